The van der Waals surface area contributed by atoms with Crippen molar-refractivity contribution in [2.45, 2.75) is 31.4 Å². The van der Waals surface area contributed by atoms with Gasteiger partial charge in [0.2, 0.25) is 0 Å². The van der Waals surface area contributed by atoms with E-state index >= 15 is 0 Å². The van der Waals surface area contributed by atoms with Crippen LogP contribution < -0.4 is 0 Å². The van der Waals surface area contributed by atoms with Gasteiger partial charge in [0.05, 0.1) is 30.4 Å². The molecule has 3 heterocycles. The molecular formula is C17H19FN2O2. The third kappa shape index (κ3) is 2.16. The summed E-state index contributed by atoms with van der Waals surface area (Å²) in [5.41, 5.74) is 2.51. The zero-order valence-corrected chi connectivity index (χ0v) is 12.3. The first-order chi connectivity index (χ1) is 10.8. The summed E-state index contributed by atoms with van der Waals surface area (Å²) in [4.78, 5) is 4.18. The van der Waals surface area contributed by atoms with E-state index in [-0.39, 0.29) is 17.8 Å². The predicted octanol–water partition coefficient (Wildman–Crippen LogP) is 2.77. The van der Waals surface area contributed by atoms with Gasteiger partial charge in [-0.1, -0.05) is 12.1 Å². The quantitative estimate of drug-likeness (QED) is 0.948. The zero-order chi connectivity index (χ0) is 15.1. The van der Waals surface area contributed by atoms with E-state index in [1.165, 1.54) is 6.07 Å². The van der Waals surface area contributed by atoms with Gasteiger partial charge < -0.3 is 14.4 Å². The van der Waals surface area contributed by atoms with E-state index in [1.807, 2.05) is 10.6 Å². The van der Waals surface area contributed by atoms with Crippen LogP contribution in [-0.2, 0) is 4.74 Å². The highest BCUT2D eigenvalue weighted by Crippen LogP contribution is 2.43. The molecule has 4 nitrogen and oxygen atoms in total. The van der Waals surface area contributed by atoms with Crippen molar-refractivity contribution in [1.29, 1.82) is 0 Å². The second-order valence-corrected chi connectivity index (χ2v) is 6.16. The number of aliphatic hydroxyl groups is 1. The molecule has 0 saturated carbocycles. The minimum atomic E-state index is -0.449. The van der Waals surface area contributed by atoms with Gasteiger partial charge in [-0.2, -0.15) is 0 Å². The zero-order valence-electron chi connectivity index (χ0n) is 12.3. The largest absolute Gasteiger partial charge is 0.393 e. The molecule has 0 spiro atoms. The van der Waals surface area contributed by atoms with Crippen LogP contribution in [-0.4, -0.2) is 34.0 Å². The van der Waals surface area contributed by atoms with Crippen molar-refractivity contribution in [3.63, 3.8) is 0 Å². The summed E-state index contributed by atoms with van der Waals surface area (Å²) in [5, 5.41) is 10.6. The molecule has 1 N–H and O–H groups in total. The lowest BCUT2D eigenvalue weighted by molar-refractivity contribution is 0.00140. The van der Waals surface area contributed by atoms with Crippen LogP contribution in [0.4, 0.5) is 4.39 Å². The van der Waals surface area contributed by atoms with Crippen molar-refractivity contribution < 1.29 is 14.2 Å². The van der Waals surface area contributed by atoms with E-state index in [9.17, 15) is 9.50 Å². The smallest absolute Gasteiger partial charge is 0.129 e. The highest BCUT2D eigenvalue weighted by Gasteiger charge is 2.34. The minimum Gasteiger partial charge on any atom is -0.393 e. The van der Waals surface area contributed by atoms with E-state index in [1.54, 1.807) is 18.6 Å². The third-order valence-electron chi connectivity index (χ3n) is 4.94. The number of imidazole rings is 1. The van der Waals surface area contributed by atoms with Gasteiger partial charge in [0, 0.05) is 24.3 Å². The van der Waals surface area contributed by atoms with Gasteiger partial charge in [-0.25, -0.2) is 9.37 Å². The normalized spacial score (nSPS) is 22.4. The fourth-order valence-electron chi connectivity index (χ4n) is 3.75. The molecule has 0 amide bonds. The van der Waals surface area contributed by atoms with Crippen LogP contribution in [0, 0.1) is 11.7 Å². The Morgan fingerprint density at radius 1 is 1.36 bits per heavy atom. The number of fused-ring (bicyclic) bond motifs is 3. The van der Waals surface area contributed by atoms with Gasteiger partial charge in [-0.3, -0.25) is 0 Å². The Bertz CT molecular complexity index is 679. The predicted molar refractivity (Wildman–Crippen MR) is 79.9 cm³/mol. The molecule has 5 heteroatoms. The number of aromatic nitrogens is 2. The average Bonchev–Trinajstić information content (AvgIpc) is 3.12. The van der Waals surface area contributed by atoms with Crippen LogP contribution in [0.1, 0.15) is 30.9 Å². The van der Waals surface area contributed by atoms with Crippen LogP contribution >= 0.6 is 0 Å². The lowest BCUT2D eigenvalue weighted by atomic mass is 9.88. The van der Waals surface area contributed by atoms with Gasteiger partial charge in [-0.05, 0) is 31.2 Å². The summed E-state index contributed by atoms with van der Waals surface area (Å²) in [6, 6.07) is 4.97. The third-order valence-corrected chi connectivity index (χ3v) is 4.94. The van der Waals surface area contributed by atoms with Gasteiger partial charge in [0.15, 0.2) is 0 Å². The Kier molecular flexibility index (Phi) is 3.47. The summed E-state index contributed by atoms with van der Waals surface area (Å²) in [6.45, 7) is 1.40. The standard InChI is InChI=1S/C17H19FN2O2/c18-13-3-1-2-12-15-9-19-10-20(15)14(17(12)13)8-16(21)11-4-6-22-7-5-11/h1-3,9-11,14,16,21H,4-8H2. The van der Waals surface area contributed by atoms with Gasteiger partial charge in [0.25, 0.3) is 0 Å². The Labute approximate surface area is 128 Å². The fraction of sp³-hybridized carbons (Fsp3) is 0.471. The lowest BCUT2D eigenvalue weighted by Crippen LogP contribution is -2.29. The van der Waals surface area contributed by atoms with Crippen LogP contribution in [0.15, 0.2) is 30.7 Å². The van der Waals surface area contributed by atoms with Crippen molar-refractivity contribution in [2.24, 2.45) is 5.92 Å². The van der Waals surface area contributed by atoms with Crippen LogP contribution in [0.25, 0.3) is 11.3 Å². The summed E-state index contributed by atoms with van der Waals surface area (Å²) >= 11 is 0. The number of benzene rings is 1. The van der Waals surface area contributed by atoms with E-state index in [4.69, 9.17) is 4.74 Å². The van der Waals surface area contributed by atoms with E-state index < -0.39 is 6.10 Å². The number of hydrogen-bond acceptors (Lipinski definition) is 3. The number of nitrogens with zero attached hydrogens (tertiary/aromatic N) is 2. The van der Waals surface area contributed by atoms with Crippen molar-refractivity contribution in [2.75, 3.05) is 13.2 Å². The molecule has 4 rings (SSSR count). The molecule has 116 valence electrons. The molecule has 1 aromatic carbocycles. The first kappa shape index (κ1) is 13.9. The Morgan fingerprint density at radius 2 is 2.18 bits per heavy atom. The maximum atomic E-state index is 14.3. The minimum absolute atomic E-state index is 0.174. The van der Waals surface area contributed by atoms with Gasteiger partial charge in [-0.15, -0.1) is 0 Å². The molecule has 2 atom stereocenters. The Morgan fingerprint density at radius 3 is 3.00 bits per heavy atom. The lowest BCUT2D eigenvalue weighted by Gasteiger charge is -2.29. The molecule has 22 heavy (non-hydrogen) atoms. The number of halogens is 1. The SMILES string of the molecule is OC(CC1c2c(F)cccc2-c2cncn21)C1CCOCC1. The highest BCUT2D eigenvalue weighted by molar-refractivity contribution is 5.69. The average molecular weight is 302 g/mol. The highest BCUT2D eigenvalue weighted by atomic mass is 19.1. The van der Waals surface area contributed by atoms with Crippen molar-refractivity contribution >= 4 is 0 Å². The number of hydrogen-bond donors (Lipinski definition) is 1. The Hall–Kier alpha value is -1.72. The molecule has 2 aliphatic rings. The number of aliphatic hydroxyl groups excluding tert-OH is 1. The molecule has 0 bridgehead atoms. The Balaban J connectivity index is 1.65. The molecule has 2 aromatic rings. The van der Waals surface area contributed by atoms with Crippen LogP contribution in [0.2, 0.25) is 0 Å². The van der Waals surface area contributed by atoms with Crippen LogP contribution in [0.3, 0.4) is 0 Å². The molecular weight excluding hydrogens is 283 g/mol. The number of rotatable bonds is 3. The van der Waals surface area contributed by atoms with E-state index in [0.717, 1.165) is 24.1 Å². The topological polar surface area (TPSA) is 47.3 Å². The summed E-state index contributed by atoms with van der Waals surface area (Å²) in [6.07, 6.45) is 5.30. The van der Waals surface area contributed by atoms with E-state index in [2.05, 4.69) is 4.98 Å². The monoisotopic (exact) mass is 302 g/mol. The molecule has 0 radical (unpaired) electrons. The summed E-state index contributed by atoms with van der Waals surface area (Å²) in [5.74, 6) is 0.0296. The molecule has 2 aliphatic heterocycles. The maximum absolute atomic E-state index is 14.3. The molecule has 1 saturated heterocycles. The molecule has 1 fully saturated rings. The van der Waals surface area contributed by atoms with E-state index in [0.29, 0.717) is 25.2 Å². The summed E-state index contributed by atoms with van der Waals surface area (Å²) in [7, 11) is 0. The maximum Gasteiger partial charge on any atom is 0.129 e. The second-order valence-electron chi connectivity index (χ2n) is 6.16. The number of ether oxygens (including phenoxy) is 1. The molecule has 1 aromatic heterocycles. The van der Waals surface area contributed by atoms with Gasteiger partial charge >= 0.3 is 0 Å². The van der Waals surface area contributed by atoms with Gasteiger partial charge in [0.1, 0.15) is 5.82 Å². The first-order valence-electron chi connectivity index (χ1n) is 7.82. The van der Waals surface area contributed by atoms with Crippen LogP contribution in [0.5, 0.6) is 0 Å². The first-order valence-corrected chi connectivity index (χ1v) is 7.82. The second kappa shape index (κ2) is 5.48. The summed E-state index contributed by atoms with van der Waals surface area (Å²) < 4.78 is 21.7. The van der Waals surface area contributed by atoms with Crippen molar-refractivity contribution in [3.8, 4) is 11.3 Å². The van der Waals surface area contributed by atoms with Crippen molar-refractivity contribution in [3.05, 3.63) is 42.1 Å². The molecule has 2 unspecified atom stereocenters. The molecule has 0 aliphatic carbocycles. The van der Waals surface area contributed by atoms with Crippen molar-refractivity contribution in [1.82, 2.24) is 9.55 Å². The fourth-order valence-corrected chi connectivity index (χ4v) is 3.75.